The SMILES string of the molecule is CC(C)c1ccc2c(c1Cl)CC[C@H]1[C@](C)(C(=O)O)CCC[C@]21C. The highest BCUT2D eigenvalue weighted by molar-refractivity contribution is 6.32. The van der Waals surface area contributed by atoms with Gasteiger partial charge in [0.15, 0.2) is 0 Å². The summed E-state index contributed by atoms with van der Waals surface area (Å²) in [4.78, 5) is 12.0. The zero-order chi connectivity index (χ0) is 17.0. The van der Waals surface area contributed by atoms with Gasteiger partial charge in [-0.25, -0.2) is 0 Å². The number of carbonyl (C=O) groups is 1. The number of carboxylic acids is 1. The van der Waals surface area contributed by atoms with Crippen LogP contribution in [0.25, 0.3) is 0 Å². The summed E-state index contributed by atoms with van der Waals surface area (Å²) in [6, 6.07) is 4.39. The molecule has 3 rings (SSSR count). The van der Waals surface area contributed by atoms with Gasteiger partial charge in [0.1, 0.15) is 0 Å². The number of aliphatic carboxylic acids is 1. The first kappa shape index (κ1) is 16.8. The van der Waals surface area contributed by atoms with E-state index in [9.17, 15) is 9.90 Å². The van der Waals surface area contributed by atoms with Crippen molar-refractivity contribution in [1.29, 1.82) is 0 Å². The van der Waals surface area contributed by atoms with Crippen molar-refractivity contribution in [3.05, 3.63) is 33.8 Å². The van der Waals surface area contributed by atoms with Crippen LogP contribution < -0.4 is 0 Å². The van der Waals surface area contributed by atoms with Crippen molar-refractivity contribution >= 4 is 17.6 Å². The first-order valence-electron chi connectivity index (χ1n) is 8.77. The number of halogens is 1. The predicted molar refractivity (Wildman–Crippen MR) is 94.3 cm³/mol. The Labute approximate surface area is 144 Å². The fourth-order valence-electron chi connectivity index (χ4n) is 5.24. The molecule has 0 saturated heterocycles. The van der Waals surface area contributed by atoms with E-state index in [0.29, 0.717) is 5.92 Å². The van der Waals surface area contributed by atoms with E-state index in [-0.39, 0.29) is 11.3 Å². The molecule has 1 saturated carbocycles. The molecular formula is C20H27ClO2. The van der Waals surface area contributed by atoms with Gasteiger partial charge in [-0.3, -0.25) is 4.79 Å². The quantitative estimate of drug-likeness (QED) is 0.768. The summed E-state index contributed by atoms with van der Waals surface area (Å²) in [5.41, 5.74) is 3.09. The van der Waals surface area contributed by atoms with Gasteiger partial charge in [0.05, 0.1) is 5.41 Å². The Balaban J connectivity index is 2.14. The molecule has 0 aliphatic heterocycles. The maximum absolute atomic E-state index is 12.0. The summed E-state index contributed by atoms with van der Waals surface area (Å²) in [5.74, 6) is -0.0366. The summed E-state index contributed by atoms with van der Waals surface area (Å²) < 4.78 is 0. The highest BCUT2D eigenvalue weighted by Gasteiger charge is 2.55. The molecule has 1 aromatic carbocycles. The maximum Gasteiger partial charge on any atom is 0.309 e. The fourth-order valence-corrected chi connectivity index (χ4v) is 5.72. The minimum absolute atomic E-state index is 0.0713. The van der Waals surface area contributed by atoms with Crippen LogP contribution in [0.4, 0.5) is 0 Å². The Morgan fingerprint density at radius 3 is 2.61 bits per heavy atom. The molecular weight excluding hydrogens is 308 g/mol. The van der Waals surface area contributed by atoms with Crippen molar-refractivity contribution in [3.8, 4) is 0 Å². The lowest BCUT2D eigenvalue weighted by atomic mass is 9.50. The van der Waals surface area contributed by atoms with Crippen LogP contribution in [0.1, 0.15) is 76.0 Å². The van der Waals surface area contributed by atoms with Gasteiger partial charge in [-0.2, -0.15) is 0 Å². The molecule has 0 bridgehead atoms. The number of hydrogen-bond acceptors (Lipinski definition) is 1. The van der Waals surface area contributed by atoms with E-state index in [1.54, 1.807) is 0 Å². The summed E-state index contributed by atoms with van der Waals surface area (Å²) in [7, 11) is 0. The lowest BCUT2D eigenvalue weighted by Crippen LogP contribution is -2.52. The summed E-state index contributed by atoms with van der Waals surface area (Å²) >= 11 is 6.73. The van der Waals surface area contributed by atoms with Crippen LogP contribution in [-0.4, -0.2) is 11.1 Å². The van der Waals surface area contributed by atoms with Gasteiger partial charge in [-0.15, -0.1) is 0 Å². The molecule has 0 aromatic heterocycles. The van der Waals surface area contributed by atoms with Crippen LogP contribution in [0.3, 0.4) is 0 Å². The molecule has 0 amide bonds. The number of fused-ring (bicyclic) bond motifs is 3. The lowest BCUT2D eigenvalue weighted by molar-refractivity contribution is -0.157. The second-order valence-corrected chi connectivity index (χ2v) is 8.61. The molecule has 0 unspecified atom stereocenters. The Hall–Kier alpha value is -1.02. The van der Waals surface area contributed by atoms with Crippen molar-refractivity contribution in [3.63, 3.8) is 0 Å². The zero-order valence-electron chi connectivity index (χ0n) is 14.6. The monoisotopic (exact) mass is 334 g/mol. The molecule has 2 nitrogen and oxygen atoms in total. The Morgan fingerprint density at radius 2 is 2.00 bits per heavy atom. The van der Waals surface area contributed by atoms with Crippen LogP contribution in [0, 0.1) is 11.3 Å². The maximum atomic E-state index is 12.0. The Bertz CT molecular complexity index is 651. The molecule has 3 atom stereocenters. The Morgan fingerprint density at radius 1 is 1.30 bits per heavy atom. The molecule has 0 spiro atoms. The molecule has 3 heteroatoms. The number of carboxylic acid groups (broad SMARTS) is 1. The second-order valence-electron chi connectivity index (χ2n) is 8.23. The van der Waals surface area contributed by atoms with Crippen LogP contribution >= 0.6 is 11.6 Å². The first-order valence-corrected chi connectivity index (χ1v) is 9.14. The van der Waals surface area contributed by atoms with Crippen LogP contribution in [0.5, 0.6) is 0 Å². The Kier molecular flexibility index (Phi) is 4.03. The lowest BCUT2D eigenvalue weighted by Gasteiger charge is -2.53. The third-order valence-corrected chi connectivity index (χ3v) is 7.06. The molecule has 1 aromatic rings. The average Bonchev–Trinajstić information content (AvgIpc) is 2.47. The number of hydrogen-bond donors (Lipinski definition) is 1. The third kappa shape index (κ3) is 2.33. The van der Waals surface area contributed by atoms with Crippen molar-refractivity contribution in [2.24, 2.45) is 11.3 Å². The number of benzene rings is 1. The van der Waals surface area contributed by atoms with Crippen molar-refractivity contribution in [2.75, 3.05) is 0 Å². The van der Waals surface area contributed by atoms with E-state index in [0.717, 1.165) is 37.1 Å². The highest BCUT2D eigenvalue weighted by Crippen LogP contribution is 2.58. The summed E-state index contributed by atoms with van der Waals surface area (Å²) in [5, 5.41) is 10.8. The molecule has 126 valence electrons. The van der Waals surface area contributed by atoms with Gasteiger partial charge in [-0.1, -0.05) is 50.9 Å². The second kappa shape index (κ2) is 5.51. The van der Waals surface area contributed by atoms with Gasteiger partial charge in [0.25, 0.3) is 0 Å². The standard InChI is InChI=1S/C20H27ClO2/c1-12(2)13-6-8-15-14(17(13)21)7-9-16-19(15,3)10-5-11-20(16,4)18(22)23/h6,8,12,16H,5,7,9-11H2,1-4H3,(H,22,23)/t16-,19-,20-/m1/s1. The minimum atomic E-state index is -0.637. The smallest absolute Gasteiger partial charge is 0.309 e. The molecule has 2 aliphatic rings. The molecule has 23 heavy (non-hydrogen) atoms. The summed E-state index contributed by atoms with van der Waals surface area (Å²) in [6.45, 7) is 8.56. The number of rotatable bonds is 2. The van der Waals surface area contributed by atoms with Crippen LogP contribution in [0.15, 0.2) is 12.1 Å². The van der Waals surface area contributed by atoms with Gasteiger partial charge in [-0.05, 0) is 66.5 Å². The van der Waals surface area contributed by atoms with Crippen LogP contribution in [-0.2, 0) is 16.6 Å². The molecule has 1 N–H and O–H groups in total. The van der Waals surface area contributed by atoms with Gasteiger partial charge < -0.3 is 5.11 Å². The van der Waals surface area contributed by atoms with Crippen molar-refractivity contribution in [1.82, 2.24) is 0 Å². The first-order chi connectivity index (χ1) is 10.7. The third-order valence-electron chi connectivity index (χ3n) is 6.61. The zero-order valence-corrected chi connectivity index (χ0v) is 15.3. The normalized spacial score (nSPS) is 33.2. The summed E-state index contributed by atoms with van der Waals surface area (Å²) in [6.07, 6.45) is 4.64. The minimum Gasteiger partial charge on any atom is -0.481 e. The molecule has 2 aliphatic carbocycles. The van der Waals surface area contributed by atoms with Gasteiger partial charge in [0.2, 0.25) is 0 Å². The van der Waals surface area contributed by atoms with E-state index >= 15 is 0 Å². The van der Waals surface area contributed by atoms with E-state index < -0.39 is 11.4 Å². The van der Waals surface area contributed by atoms with E-state index in [2.05, 4.69) is 32.9 Å². The van der Waals surface area contributed by atoms with Crippen molar-refractivity contribution < 1.29 is 9.90 Å². The van der Waals surface area contributed by atoms with Gasteiger partial charge >= 0.3 is 5.97 Å². The topological polar surface area (TPSA) is 37.3 Å². The predicted octanol–water partition coefficient (Wildman–Crippen LogP) is 5.56. The van der Waals surface area contributed by atoms with E-state index in [4.69, 9.17) is 11.6 Å². The van der Waals surface area contributed by atoms with Crippen molar-refractivity contribution in [2.45, 2.75) is 71.1 Å². The van der Waals surface area contributed by atoms with E-state index in [1.807, 2.05) is 6.92 Å². The average molecular weight is 335 g/mol. The molecule has 0 heterocycles. The fraction of sp³-hybridized carbons (Fsp3) is 0.650. The largest absolute Gasteiger partial charge is 0.481 e. The highest BCUT2D eigenvalue weighted by atomic mass is 35.5. The molecule has 0 radical (unpaired) electrons. The van der Waals surface area contributed by atoms with E-state index in [1.165, 1.54) is 16.7 Å². The van der Waals surface area contributed by atoms with Gasteiger partial charge in [0, 0.05) is 5.02 Å². The molecule has 1 fully saturated rings. The van der Waals surface area contributed by atoms with Crippen LogP contribution in [0.2, 0.25) is 5.02 Å².